The van der Waals surface area contributed by atoms with Crippen molar-refractivity contribution >= 4 is 27.5 Å². The summed E-state index contributed by atoms with van der Waals surface area (Å²) in [6, 6.07) is 16.2. The number of hydrogen-bond donors (Lipinski definition) is 1. The third-order valence-corrected chi connectivity index (χ3v) is 6.53. The number of benzene rings is 2. The SMILES string of the molecule is COc1ccc(CNC(=O)c2cc3c(=O)n(Cc4ccccc4)c(=O)n(C)c3s2)cc1OC. The number of rotatable bonds is 7. The summed E-state index contributed by atoms with van der Waals surface area (Å²) >= 11 is 1.12. The zero-order valence-electron chi connectivity index (χ0n) is 18.5. The first-order valence-corrected chi connectivity index (χ1v) is 11.0. The Balaban J connectivity index is 1.61. The molecule has 0 aliphatic rings. The maximum Gasteiger partial charge on any atom is 0.332 e. The quantitative estimate of drug-likeness (QED) is 0.453. The number of nitrogens with one attached hydrogen (secondary N) is 1. The predicted molar refractivity (Wildman–Crippen MR) is 128 cm³/mol. The second kappa shape index (κ2) is 9.33. The number of aromatic nitrogens is 2. The lowest BCUT2D eigenvalue weighted by Crippen LogP contribution is -2.38. The summed E-state index contributed by atoms with van der Waals surface area (Å²) < 4.78 is 13.1. The van der Waals surface area contributed by atoms with Gasteiger partial charge in [-0.2, -0.15) is 0 Å². The Labute approximate surface area is 193 Å². The minimum atomic E-state index is -0.421. The van der Waals surface area contributed by atoms with Crippen molar-refractivity contribution in [1.82, 2.24) is 14.5 Å². The number of hydrogen-bond acceptors (Lipinski definition) is 6. The van der Waals surface area contributed by atoms with E-state index in [1.807, 2.05) is 36.4 Å². The molecule has 0 fully saturated rings. The summed E-state index contributed by atoms with van der Waals surface area (Å²) in [5, 5.41) is 3.19. The van der Waals surface area contributed by atoms with Gasteiger partial charge in [-0.1, -0.05) is 36.4 Å². The minimum absolute atomic E-state index is 0.166. The van der Waals surface area contributed by atoms with Gasteiger partial charge in [-0.05, 0) is 29.3 Å². The first kappa shape index (κ1) is 22.3. The molecule has 0 radical (unpaired) electrons. The van der Waals surface area contributed by atoms with Gasteiger partial charge in [0, 0.05) is 13.6 Å². The van der Waals surface area contributed by atoms with Gasteiger partial charge < -0.3 is 14.8 Å². The van der Waals surface area contributed by atoms with E-state index in [0.29, 0.717) is 26.6 Å². The Morgan fingerprint density at radius 3 is 2.39 bits per heavy atom. The molecule has 1 N–H and O–H groups in total. The summed E-state index contributed by atoms with van der Waals surface area (Å²) in [5.74, 6) is 0.845. The Hall–Kier alpha value is -3.85. The molecule has 2 aromatic heterocycles. The number of carbonyl (C=O) groups is 1. The molecule has 0 atom stereocenters. The van der Waals surface area contributed by atoms with E-state index in [9.17, 15) is 14.4 Å². The Morgan fingerprint density at radius 2 is 1.70 bits per heavy atom. The van der Waals surface area contributed by atoms with Crippen LogP contribution in [0.25, 0.3) is 10.2 Å². The first-order valence-electron chi connectivity index (χ1n) is 10.2. The van der Waals surface area contributed by atoms with Gasteiger partial charge in [-0.25, -0.2) is 4.79 Å². The van der Waals surface area contributed by atoms with Crippen LogP contribution in [-0.2, 0) is 20.1 Å². The van der Waals surface area contributed by atoms with Gasteiger partial charge in [-0.3, -0.25) is 18.7 Å². The fraction of sp³-hybridized carbons (Fsp3) is 0.208. The molecule has 0 aliphatic carbocycles. The van der Waals surface area contributed by atoms with Crippen molar-refractivity contribution in [2.24, 2.45) is 7.05 Å². The highest BCUT2D eigenvalue weighted by Gasteiger charge is 2.18. The van der Waals surface area contributed by atoms with Crippen molar-refractivity contribution in [2.75, 3.05) is 14.2 Å². The summed E-state index contributed by atoms with van der Waals surface area (Å²) in [6.45, 7) is 0.434. The van der Waals surface area contributed by atoms with Gasteiger partial charge in [0.2, 0.25) is 0 Å². The number of amides is 1. The van der Waals surface area contributed by atoms with E-state index in [1.54, 1.807) is 39.5 Å². The number of fused-ring (bicyclic) bond motifs is 1. The van der Waals surface area contributed by atoms with Gasteiger partial charge in [0.15, 0.2) is 11.5 Å². The largest absolute Gasteiger partial charge is 0.493 e. The van der Waals surface area contributed by atoms with Crippen molar-refractivity contribution in [2.45, 2.75) is 13.1 Å². The molecule has 0 saturated carbocycles. The molecule has 1 amide bonds. The van der Waals surface area contributed by atoms with Crippen molar-refractivity contribution in [3.05, 3.63) is 91.4 Å². The van der Waals surface area contributed by atoms with E-state index in [-0.39, 0.29) is 19.0 Å². The van der Waals surface area contributed by atoms with Crippen molar-refractivity contribution in [1.29, 1.82) is 0 Å². The van der Waals surface area contributed by atoms with Crippen molar-refractivity contribution in [3.8, 4) is 11.5 Å². The van der Waals surface area contributed by atoms with Crippen LogP contribution in [0.3, 0.4) is 0 Å². The van der Waals surface area contributed by atoms with E-state index >= 15 is 0 Å². The standard InChI is InChI=1S/C24H23N3O5S/c1-26-23-17(22(29)27(24(26)30)14-15-7-5-4-6-8-15)12-20(33-23)21(28)25-13-16-9-10-18(31-2)19(11-16)32-3/h4-12H,13-14H2,1-3H3,(H,25,28). The molecule has 4 aromatic rings. The smallest absolute Gasteiger partial charge is 0.332 e. The van der Waals surface area contributed by atoms with E-state index in [0.717, 1.165) is 22.5 Å². The first-order chi connectivity index (χ1) is 15.9. The van der Waals surface area contributed by atoms with Crippen LogP contribution in [0.1, 0.15) is 20.8 Å². The topological polar surface area (TPSA) is 91.6 Å². The second-order valence-electron chi connectivity index (χ2n) is 7.42. The van der Waals surface area contributed by atoms with E-state index in [2.05, 4.69) is 5.32 Å². The highest BCUT2D eigenvalue weighted by Crippen LogP contribution is 2.27. The summed E-state index contributed by atoms with van der Waals surface area (Å²) in [5.41, 5.74) is 0.849. The number of aryl methyl sites for hydroxylation is 1. The number of ether oxygens (including phenoxy) is 2. The molecular formula is C24H23N3O5S. The Bertz CT molecular complexity index is 1440. The molecule has 0 spiro atoms. The van der Waals surface area contributed by atoms with Crippen LogP contribution >= 0.6 is 11.3 Å². The van der Waals surface area contributed by atoms with Crippen LogP contribution in [0.2, 0.25) is 0 Å². The number of carbonyl (C=O) groups excluding carboxylic acids is 1. The van der Waals surface area contributed by atoms with Crippen LogP contribution in [0, 0.1) is 0 Å². The average Bonchev–Trinajstić information content (AvgIpc) is 3.30. The van der Waals surface area contributed by atoms with Crippen LogP contribution < -0.4 is 26.0 Å². The van der Waals surface area contributed by atoms with Gasteiger partial charge in [0.05, 0.1) is 31.0 Å². The Morgan fingerprint density at radius 1 is 0.970 bits per heavy atom. The van der Waals surface area contributed by atoms with Gasteiger partial charge in [0.25, 0.3) is 11.5 Å². The van der Waals surface area contributed by atoms with Gasteiger partial charge in [-0.15, -0.1) is 11.3 Å². The normalized spacial score (nSPS) is 10.9. The van der Waals surface area contributed by atoms with Crippen LogP contribution in [-0.4, -0.2) is 29.3 Å². The molecule has 33 heavy (non-hydrogen) atoms. The monoisotopic (exact) mass is 465 g/mol. The van der Waals surface area contributed by atoms with Gasteiger partial charge in [0.1, 0.15) is 4.83 Å². The lowest BCUT2D eigenvalue weighted by molar-refractivity contribution is 0.0955. The average molecular weight is 466 g/mol. The van der Waals surface area contributed by atoms with E-state index < -0.39 is 11.2 Å². The molecule has 4 rings (SSSR count). The number of methoxy groups -OCH3 is 2. The highest BCUT2D eigenvalue weighted by molar-refractivity contribution is 7.20. The fourth-order valence-corrected chi connectivity index (χ4v) is 4.58. The summed E-state index contributed by atoms with van der Waals surface area (Å²) in [6.07, 6.45) is 0. The van der Waals surface area contributed by atoms with Crippen molar-refractivity contribution in [3.63, 3.8) is 0 Å². The van der Waals surface area contributed by atoms with Crippen LogP contribution in [0.4, 0.5) is 0 Å². The number of nitrogens with zero attached hydrogens (tertiary/aromatic N) is 2. The molecule has 2 aromatic carbocycles. The maximum absolute atomic E-state index is 13.1. The predicted octanol–water partition coefficient (Wildman–Crippen LogP) is 2.76. The van der Waals surface area contributed by atoms with Crippen LogP contribution in [0.15, 0.2) is 64.2 Å². The Kier molecular flexibility index (Phi) is 6.32. The summed E-state index contributed by atoms with van der Waals surface area (Å²) in [7, 11) is 4.71. The maximum atomic E-state index is 13.1. The molecule has 2 heterocycles. The van der Waals surface area contributed by atoms with Gasteiger partial charge >= 0.3 is 5.69 Å². The third kappa shape index (κ3) is 4.40. The lowest BCUT2D eigenvalue weighted by Gasteiger charge is -2.10. The molecule has 0 unspecified atom stereocenters. The molecule has 0 aliphatic heterocycles. The highest BCUT2D eigenvalue weighted by atomic mass is 32.1. The molecule has 0 bridgehead atoms. The van der Waals surface area contributed by atoms with E-state index in [4.69, 9.17) is 9.47 Å². The zero-order chi connectivity index (χ0) is 23.5. The molecular weight excluding hydrogens is 442 g/mol. The lowest BCUT2D eigenvalue weighted by atomic mass is 10.2. The fourth-order valence-electron chi connectivity index (χ4n) is 3.56. The second-order valence-corrected chi connectivity index (χ2v) is 8.45. The molecule has 0 saturated heterocycles. The van der Waals surface area contributed by atoms with Crippen LogP contribution in [0.5, 0.6) is 11.5 Å². The summed E-state index contributed by atoms with van der Waals surface area (Å²) in [4.78, 5) is 39.5. The molecule has 170 valence electrons. The molecule has 8 nitrogen and oxygen atoms in total. The molecule has 9 heteroatoms. The zero-order valence-corrected chi connectivity index (χ0v) is 19.3. The van der Waals surface area contributed by atoms with E-state index in [1.165, 1.54) is 9.13 Å². The third-order valence-electron chi connectivity index (χ3n) is 5.32. The minimum Gasteiger partial charge on any atom is -0.493 e. The van der Waals surface area contributed by atoms with Crippen molar-refractivity contribution < 1.29 is 14.3 Å². The number of thiophene rings is 1.